The zero-order valence-electron chi connectivity index (χ0n) is 22.1. The number of thioether (sulfide) groups is 1. The van der Waals surface area contributed by atoms with Gasteiger partial charge in [0.2, 0.25) is 0 Å². The molecule has 5 heterocycles. The minimum absolute atomic E-state index is 0.0655. The van der Waals surface area contributed by atoms with Crippen LogP contribution in [0.15, 0.2) is 63.3 Å². The van der Waals surface area contributed by atoms with Crippen molar-refractivity contribution < 1.29 is 22.4 Å². The highest BCUT2D eigenvalue weighted by Gasteiger charge is 2.27. The molecule has 0 spiro atoms. The maximum absolute atomic E-state index is 13.1. The third-order valence-electron chi connectivity index (χ3n) is 7.20. The molecule has 6 rings (SSSR count). The Labute approximate surface area is 236 Å². The van der Waals surface area contributed by atoms with Gasteiger partial charge in [0.15, 0.2) is 21.2 Å². The van der Waals surface area contributed by atoms with Crippen LogP contribution in [0.4, 0.5) is 0 Å². The SMILES string of the molecule is CS(=O)(=O)c1ccc(-n2ncc3c(SC4CCN(C(=O)c5ccc(CN6CCOCC6)o5)CC4)ncnc32)cc1. The van der Waals surface area contributed by atoms with Crippen LogP contribution in [0.1, 0.15) is 29.2 Å². The summed E-state index contributed by atoms with van der Waals surface area (Å²) < 4.78 is 36.6. The number of carbonyl (C=O) groups excluding carboxylic acids is 1. The molecule has 2 aliphatic heterocycles. The van der Waals surface area contributed by atoms with Crippen LogP contribution >= 0.6 is 11.8 Å². The second kappa shape index (κ2) is 11.3. The Kier molecular flexibility index (Phi) is 7.62. The monoisotopic (exact) mass is 582 g/mol. The van der Waals surface area contributed by atoms with E-state index in [1.165, 1.54) is 12.6 Å². The maximum Gasteiger partial charge on any atom is 0.289 e. The first-order valence-corrected chi connectivity index (χ1v) is 16.0. The first-order valence-electron chi connectivity index (χ1n) is 13.2. The number of hydrogen-bond acceptors (Lipinski definition) is 10. The van der Waals surface area contributed by atoms with Crippen molar-refractivity contribution in [1.29, 1.82) is 0 Å². The van der Waals surface area contributed by atoms with Crippen LogP contribution in [0.3, 0.4) is 0 Å². The Morgan fingerprint density at radius 1 is 1.02 bits per heavy atom. The number of rotatable bonds is 7. The fourth-order valence-electron chi connectivity index (χ4n) is 4.99. The van der Waals surface area contributed by atoms with Crippen LogP contribution < -0.4 is 0 Å². The maximum atomic E-state index is 13.1. The lowest BCUT2D eigenvalue weighted by Crippen LogP contribution is -2.39. The Bertz CT molecular complexity index is 1600. The van der Waals surface area contributed by atoms with Crippen LogP contribution in [0, 0.1) is 0 Å². The van der Waals surface area contributed by atoms with E-state index in [1.54, 1.807) is 53.0 Å². The van der Waals surface area contributed by atoms with Gasteiger partial charge in [-0.3, -0.25) is 9.69 Å². The lowest BCUT2D eigenvalue weighted by atomic mass is 10.1. The van der Waals surface area contributed by atoms with Gasteiger partial charge in [-0.15, -0.1) is 11.8 Å². The predicted octanol–water partition coefficient (Wildman–Crippen LogP) is 3.04. The molecule has 4 aromatic rings. The molecule has 210 valence electrons. The summed E-state index contributed by atoms with van der Waals surface area (Å²) in [7, 11) is -3.28. The minimum atomic E-state index is -3.28. The average Bonchev–Trinajstić information content (AvgIpc) is 3.61. The number of ether oxygens (including phenoxy) is 1. The fraction of sp³-hybridized carbons (Fsp3) is 0.407. The Hall–Kier alpha value is -3.26. The number of aromatic nitrogens is 4. The largest absolute Gasteiger partial charge is 0.455 e. The van der Waals surface area contributed by atoms with E-state index in [9.17, 15) is 13.2 Å². The molecular formula is C27H30N6O5S2. The number of amides is 1. The van der Waals surface area contributed by atoms with E-state index in [0.717, 1.165) is 61.0 Å². The van der Waals surface area contributed by atoms with Gasteiger partial charge in [-0.25, -0.2) is 23.1 Å². The van der Waals surface area contributed by atoms with Crippen molar-refractivity contribution in [3.63, 3.8) is 0 Å². The van der Waals surface area contributed by atoms with E-state index >= 15 is 0 Å². The lowest BCUT2D eigenvalue weighted by Gasteiger charge is -2.31. The van der Waals surface area contributed by atoms with Crippen LogP contribution in [-0.4, -0.2) is 94.8 Å². The van der Waals surface area contributed by atoms with Crippen LogP contribution in [0.25, 0.3) is 16.7 Å². The smallest absolute Gasteiger partial charge is 0.289 e. The molecule has 0 aliphatic carbocycles. The Morgan fingerprint density at radius 2 is 1.77 bits per heavy atom. The number of morpholine rings is 1. The molecule has 3 aromatic heterocycles. The molecule has 0 N–H and O–H groups in total. The molecule has 0 saturated carbocycles. The van der Waals surface area contributed by atoms with Gasteiger partial charge in [-0.2, -0.15) is 5.10 Å². The fourth-order valence-corrected chi connectivity index (χ4v) is 6.76. The zero-order valence-corrected chi connectivity index (χ0v) is 23.7. The van der Waals surface area contributed by atoms with Gasteiger partial charge in [-0.1, -0.05) is 0 Å². The molecule has 0 bridgehead atoms. The van der Waals surface area contributed by atoms with Crippen LogP contribution in [-0.2, 0) is 21.1 Å². The van der Waals surface area contributed by atoms with E-state index in [1.807, 2.05) is 11.0 Å². The number of likely N-dealkylation sites (tertiary alicyclic amines) is 1. The van der Waals surface area contributed by atoms with Crippen molar-refractivity contribution >= 4 is 38.5 Å². The van der Waals surface area contributed by atoms with E-state index in [-0.39, 0.29) is 10.8 Å². The highest BCUT2D eigenvalue weighted by Crippen LogP contribution is 2.34. The number of fused-ring (bicyclic) bond motifs is 1. The minimum Gasteiger partial charge on any atom is -0.455 e. The predicted molar refractivity (Wildman–Crippen MR) is 149 cm³/mol. The van der Waals surface area contributed by atoms with E-state index < -0.39 is 9.84 Å². The van der Waals surface area contributed by atoms with Gasteiger partial charge < -0.3 is 14.1 Å². The highest BCUT2D eigenvalue weighted by atomic mass is 32.2. The Balaban J connectivity index is 1.08. The van der Waals surface area contributed by atoms with Crippen molar-refractivity contribution in [3.05, 3.63) is 60.4 Å². The zero-order chi connectivity index (χ0) is 27.7. The quantitative estimate of drug-likeness (QED) is 0.300. The summed E-state index contributed by atoms with van der Waals surface area (Å²) in [5.41, 5.74) is 1.37. The van der Waals surface area contributed by atoms with Crippen molar-refractivity contribution in [2.45, 2.75) is 34.6 Å². The Morgan fingerprint density at radius 3 is 2.50 bits per heavy atom. The number of nitrogens with zero attached hydrogens (tertiary/aromatic N) is 6. The molecule has 0 atom stereocenters. The van der Waals surface area contributed by atoms with Crippen LogP contribution in [0.2, 0.25) is 0 Å². The van der Waals surface area contributed by atoms with Crippen molar-refractivity contribution in [2.75, 3.05) is 45.6 Å². The first-order chi connectivity index (χ1) is 19.3. The number of sulfone groups is 1. The molecule has 2 fully saturated rings. The third kappa shape index (κ3) is 5.78. The molecule has 0 radical (unpaired) electrons. The lowest BCUT2D eigenvalue weighted by molar-refractivity contribution is 0.0309. The van der Waals surface area contributed by atoms with Gasteiger partial charge in [0, 0.05) is 37.7 Å². The summed E-state index contributed by atoms with van der Waals surface area (Å²) in [5, 5.41) is 6.47. The molecule has 11 nitrogen and oxygen atoms in total. The first kappa shape index (κ1) is 26.9. The van der Waals surface area contributed by atoms with Gasteiger partial charge in [0.1, 0.15) is 17.1 Å². The van der Waals surface area contributed by atoms with Gasteiger partial charge >= 0.3 is 0 Å². The standard InChI is InChI=1S/C27H30N6O5S2/c1-40(35,36)22-5-2-19(3-6-22)33-25-23(16-30-33)26(29-18-28-25)39-21-8-10-32(11-9-21)27(34)24-7-4-20(38-24)17-31-12-14-37-15-13-31/h2-7,16,18,21H,8-15,17H2,1H3. The topological polar surface area (TPSA) is 124 Å². The van der Waals surface area contributed by atoms with Crippen molar-refractivity contribution in [2.24, 2.45) is 0 Å². The summed E-state index contributed by atoms with van der Waals surface area (Å²) in [6.07, 6.45) is 6.13. The molecule has 13 heteroatoms. The van der Waals surface area contributed by atoms with E-state index in [4.69, 9.17) is 9.15 Å². The molecule has 2 aliphatic rings. The van der Waals surface area contributed by atoms with E-state index in [0.29, 0.717) is 36.3 Å². The number of piperidine rings is 1. The van der Waals surface area contributed by atoms with Crippen molar-refractivity contribution in [1.82, 2.24) is 29.5 Å². The normalized spacial score (nSPS) is 17.5. The van der Waals surface area contributed by atoms with Gasteiger partial charge in [-0.05, 0) is 49.2 Å². The van der Waals surface area contributed by atoms with Gasteiger partial charge in [0.05, 0.1) is 41.9 Å². The highest BCUT2D eigenvalue weighted by molar-refractivity contribution is 8.00. The summed E-state index contributed by atoms with van der Waals surface area (Å²) >= 11 is 1.68. The summed E-state index contributed by atoms with van der Waals surface area (Å²) in [4.78, 5) is 26.4. The molecule has 1 amide bonds. The van der Waals surface area contributed by atoms with E-state index in [2.05, 4.69) is 20.0 Å². The van der Waals surface area contributed by atoms with Crippen LogP contribution in [0.5, 0.6) is 0 Å². The molecule has 1 aromatic carbocycles. The number of hydrogen-bond donors (Lipinski definition) is 0. The number of carbonyl (C=O) groups is 1. The average molecular weight is 583 g/mol. The summed E-state index contributed by atoms with van der Waals surface area (Å²) in [6, 6.07) is 10.2. The number of furan rings is 1. The second-order valence-electron chi connectivity index (χ2n) is 10.0. The van der Waals surface area contributed by atoms with Crippen molar-refractivity contribution in [3.8, 4) is 5.69 Å². The summed E-state index contributed by atoms with van der Waals surface area (Å²) in [6.45, 7) is 5.17. The molecule has 0 unspecified atom stereocenters. The third-order valence-corrected chi connectivity index (χ3v) is 9.68. The summed E-state index contributed by atoms with van der Waals surface area (Å²) in [5.74, 6) is 1.13. The molecule has 2 saturated heterocycles. The molecular weight excluding hydrogens is 552 g/mol. The second-order valence-corrected chi connectivity index (χ2v) is 13.3. The molecule has 40 heavy (non-hydrogen) atoms. The number of benzene rings is 1. The van der Waals surface area contributed by atoms with Gasteiger partial charge in [0.25, 0.3) is 5.91 Å².